The van der Waals surface area contributed by atoms with Crippen molar-refractivity contribution >= 4 is 20.1 Å². The highest BCUT2D eigenvalue weighted by Gasteiger charge is 2.46. The highest BCUT2D eigenvalue weighted by Crippen LogP contribution is 2.40. The van der Waals surface area contributed by atoms with Crippen molar-refractivity contribution in [3.63, 3.8) is 0 Å². The Bertz CT molecular complexity index is 820. The van der Waals surface area contributed by atoms with Crippen LogP contribution in [0.1, 0.15) is 31.9 Å². The predicted molar refractivity (Wildman–Crippen MR) is 130 cm³/mol. The van der Waals surface area contributed by atoms with Crippen LogP contribution in [0.2, 0.25) is 18.1 Å². The zero-order valence-corrected chi connectivity index (χ0v) is 21.3. The van der Waals surface area contributed by atoms with Crippen molar-refractivity contribution in [3.8, 4) is 0 Å². The van der Waals surface area contributed by atoms with Gasteiger partial charge in [-0.25, -0.2) is 0 Å². The summed E-state index contributed by atoms with van der Waals surface area (Å²) >= 11 is 1.54. The van der Waals surface area contributed by atoms with Crippen LogP contribution >= 0.6 is 11.8 Å². The second-order valence-electron chi connectivity index (χ2n) is 9.80. The first kappa shape index (κ1) is 24.5. The number of aliphatic hydroxyl groups excluding tert-OH is 1. The molecule has 1 saturated heterocycles. The molecule has 0 unspecified atom stereocenters. The van der Waals surface area contributed by atoms with Crippen molar-refractivity contribution < 1.29 is 19.0 Å². The first-order valence-electron chi connectivity index (χ1n) is 10.9. The monoisotopic (exact) mass is 460 g/mol. The quantitative estimate of drug-likeness (QED) is 0.531. The molecular weight excluding hydrogens is 424 g/mol. The summed E-state index contributed by atoms with van der Waals surface area (Å²) < 4.78 is 19.1. The van der Waals surface area contributed by atoms with Crippen LogP contribution in [0.5, 0.6) is 0 Å². The summed E-state index contributed by atoms with van der Waals surface area (Å²) in [7, 11) is -2.05. The van der Waals surface area contributed by atoms with Gasteiger partial charge in [0.2, 0.25) is 0 Å². The normalized spacial score (nSPS) is 24.9. The molecule has 3 rings (SSSR count). The third-order valence-electron chi connectivity index (χ3n) is 6.22. The molecule has 0 bridgehead atoms. The van der Waals surface area contributed by atoms with Gasteiger partial charge in [0.1, 0.15) is 17.6 Å². The Balaban J connectivity index is 1.76. The molecule has 0 radical (unpaired) electrons. The van der Waals surface area contributed by atoms with E-state index < -0.39 is 26.0 Å². The van der Waals surface area contributed by atoms with Crippen molar-refractivity contribution in [2.75, 3.05) is 6.61 Å². The standard InChI is InChI=1S/C25H36O4SSi/c1-18-12-14-20(15-13-18)30-24-22(26)23(27-16-19-10-8-7-9-11-19)21(17-28-24)29-31(5,6)25(2,3)4/h7-15,21-24,26H,16-17H2,1-6H3/t21-,22-,23+,24+/m1/s1. The first-order valence-corrected chi connectivity index (χ1v) is 14.7. The van der Waals surface area contributed by atoms with E-state index in [9.17, 15) is 5.11 Å². The van der Waals surface area contributed by atoms with E-state index in [2.05, 4.69) is 65.1 Å². The molecule has 0 saturated carbocycles. The number of ether oxygens (including phenoxy) is 2. The average molecular weight is 461 g/mol. The fourth-order valence-corrected chi connectivity index (χ4v) is 5.56. The molecule has 1 aliphatic rings. The minimum Gasteiger partial charge on any atom is -0.409 e. The summed E-state index contributed by atoms with van der Waals surface area (Å²) in [5, 5.41) is 11.3. The lowest BCUT2D eigenvalue weighted by Gasteiger charge is -2.45. The third-order valence-corrected chi connectivity index (χ3v) is 11.9. The van der Waals surface area contributed by atoms with E-state index in [0.717, 1.165) is 10.5 Å². The highest BCUT2D eigenvalue weighted by atomic mass is 32.2. The van der Waals surface area contributed by atoms with Gasteiger partial charge in [0.05, 0.1) is 19.3 Å². The van der Waals surface area contributed by atoms with Gasteiger partial charge < -0.3 is 19.0 Å². The van der Waals surface area contributed by atoms with E-state index in [1.807, 2.05) is 30.3 Å². The minimum absolute atomic E-state index is 0.0649. The van der Waals surface area contributed by atoms with Crippen molar-refractivity contribution in [1.82, 2.24) is 0 Å². The molecule has 2 aromatic rings. The van der Waals surface area contributed by atoms with Gasteiger partial charge in [0.15, 0.2) is 8.32 Å². The summed E-state index contributed by atoms with van der Waals surface area (Å²) in [6.45, 7) is 14.0. The van der Waals surface area contributed by atoms with Crippen LogP contribution in [0.3, 0.4) is 0 Å². The summed E-state index contributed by atoms with van der Waals surface area (Å²) in [4.78, 5) is 1.07. The number of aliphatic hydroxyl groups is 1. The van der Waals surface area contributed by atoms with Crippen LogP contribution in [-0.4, -0.2) is 43.8 Å². The molecule has 0 aliphatic carbocycles. The molecule has 170 valence electrons. The fraction of sp³-hybridized carbons (Fsp3) is 0.520. The molecule has 4 atom stereocenters. The number of rotatable bonds is 7. The largest absolute Gasteiger partial charge is 0.409 e. The summed E-state index contributed by atoms with van der Waals surface area (Å²) in [6, 6.07) is 18.3. The number of thioether (sulfide) groups is 1. The van der Waals surface area contributed by atoms with Gasteiger partial charge in [-0.2, -0.15) is 0 Å². The molecule has 0 spiro atoms. The Labute approximate surface area is 192 Å². The average Bonchev–Trinajstić information content (AvgIpc) is 2.71. The molecule has 6 heteroatoms. The van der Waals surface area contributed by atoms with Gasteiger partial charge in [-0.05, 0) is 42.8 Å². The predicted octanol–water partition coefficient (Wildman–Crippen LogP) is 5.78. The SMILES string of the molecule is Cc1ccc(S[C@@H]2OC[C@@H](O[Si](C)(C)C(C)(C)C)[C@H](OCc3ccccc3)[C@H]2O)cc1. The fourth-order valence-electron chi connectivity index (χ4n) is 3.24. The highest BCUT2D eigenvalue weighted by molar-refractivity contribution is 7.99. The van der Waals surface area contributed by atoms with E-state index in [4.69, 9.17) is 13.9 Å². The maximum Gasteiger partial charge on any atom is 0.192 e. The molecule has 2 aromatic carbocycles. The molecule has 0 amide bonds. The van der Waals surface area contributed by atoms with Crippen LogP contribution in [0.4, 0.5) is 0 Å². The molecule has 31 heavy (non-hydrogen) atoms. The smallest absolute Gasteiger partial charge is 0.192 e. The van der Waals surface area contributed by atoms with E-state index in [1.54, 1.807) is 0 Å². The Morgan fingerprint density at radius 3 is 2.32 bits per heavy atom. The lowest BCUT2D eigenvalue weighted by molar-refractivity contribution is -0.181. The summed E-state index contributed by atoms with van der Waals surface area (Å²) in [6.07, 6.45) is -1.54. The zero-order valence-electron chi connectivity index (χ0n) is 19.5. The van der Waals surface area contributed by atoms with Crippen molar-refractivity contribution in [3.05, 3.63) is 65.7 Å². The second kappa shape index (κ2) is 10.2. The van der Waals surface area contributed by atoms with Crippen molar-refractivity contribution in [1.29, 1.82) is 0 Å². The number of aryl methyl sites for hydroxylation is 1. The van der Waals surface area contributed by atoms with Gasteiger partial charge in [-0.1, -0.05) is 80.6 Å². The number of benzene rings is 2. The molecule has 1 heterocycles. The van der Waals surface area contributed by atoms with Crippen LogP contribution < -0.4 is 0 Å². The molecular formula is C25H36O4SSi. The van der Waals surface area contributed by atoms with Gasteiger partial charge in [0, 0.05) is 4.90 Å². The van der Waals surface area contributed by atoms with Gasteiger partial charge in [-0.15, -0.1) is 0 Å². The molecule has 0 aromatic heterocycles. The second-order valence-corrected chi connectivity index (χ2v) is 15.7. The van der Waals surface area contributed by atoms with Crippen molar-refractivity contribution in [2.24, 2.45) is 0 Å². The molecule has 1 fully saturated rings. The number of hydrogen-bond donors (Lipinski definition) is 1. The third kappa shape index (κ3) is 6.43. The van der Waals surface area contributed by atoms with Crippen LogP contribution in [0.15, 0.2) is 59.5 Å². The van der Waals surface area contributed by atoms with Crippen LogP contribution in [-0.2, 0) is 20.5 Å². The molecule has 1 aliphatic heterocycles. The molecule has 4 nitrogen and oxygen atoms in total. The lowest BCUT2D eigenvalue weighted by Crippen LogP contribution is -2.58. The topological polar surface area (TPSA) is 47.9 Å². The van der Waals surface area contributed by atoms with E-state index >= 15 is 0 Å². The van der Waals surface area contributed by atoms with Crippen LogP contribution in [0.25, 0.3) is 0 Å². The van der Waals surface area contributed by atoms with Crippen molar-refractivity contribution in [2.45, 2.75) is 81.1 Å². The lowest BCUT2D eigenvalue weighted by atomic mass is 10.1. The van der Waals surface area contributed by atoms with E-state index in [1.165, 1.54) is 17.3 Å². The molecule has 1 N–H and O–H groups in total. The number of hydrogen-bond acceptors (Lipinski definition) is 5. The Kier molecular flexibility index (Phi) is 8.05. The Morgan fingerprint density at radius 1 is 1.06 bits per heavy atom. The summed E-state index contributed by atoms with van der Waals surface area (Å²) in [5.41, 5.74) is 1.89. The Hall–Kier alpha value is -1.15. The first-order chi connectivity index (χ1) is 14.6. The van der Waals surface area contributed by atoms with Gasteiger partial charge in [0.25, 0.3) is 0 Å². The van der Waals surface area contributed by atoms with Crippen LogP contribution in [0, 0.1) is 6.92 Å². The maximum atomic E-state index is 11.3. The Morgan fingerprint density at radius 2 is 1.71 bits per heavy atom. The van der Waals surface area contributed by atoms with Gasteiger partial charge >= 0.3 is 0 Å². The van der Waals surface area contributed by atoms with E-state index in [-0.39, 0.29) is 11.1 Å². The minimum atomic E-state index is -2.05. The van der Waals surface area contributed by atoms with E-state index in [0.29, 0.717) is 13.2 Å². The maximum absolute atomic E-state index is 11.3. The summed E-state index contributed by atoms with van der Waals surface area (Å²) in [5.74, 6) is 0. The van der Waals surface area contributed by atoms with Gasteiger partial charge in [-0.3, -0.25) is 0 Å². The zero-order chi connectivity index (χ0) is 22.6.